The van der Waals surface area contributed by atoms with E-state index in [9.17, 15) is 10.1 Å². The predicted molar refractivity (Wildman–Crippen MR) is 87.8 cm³/mol. The summed E-state index contributed by atoms with van der Waals surface area (Å²) in [5.74, 6) is 0. The molecule has 0 atom stereocenters. The highest BCUT2D eigenvalue weighted by atomic mass is 32.2. The van der Waals surface area contributed by atoms with Crippen molar-refractivity contribution in [2.45, 2.75) is 9.24 Å². The zero-order chi connectivity index (χ0) is 15.1. The van der Waals surface area contributed by atoms with E-state index in [2.05, 4.69) is 13.7 Å². The van der Waals surface area contributed by atoms with E-state index in [0.29, 0.717) is 11.0 Å². The molecule has 0 saturated heterocycles. The number of fused-ring (bicyclic) bond motifs is 2. The topological polar surface area (TPSA) is 81.8 Å². The number of hydrogen-bond donors (Lipinski definition) is 0. The number of non-ortho nitro benzene ring substituents is 1. The molecule has 2 heterocycles. The SMILES string of the molecule is O=[N+]([O-])c1ccc(Sc2nc3ccccc3s2)c2nsnc12. The highest BCUT2D eigenvalue weighted by Crippen LogP contribution is 2.39. The minimum absolute atomic E-state index is 0.0163. The van der Waals surface area contributed by atoms with Crippen molar-refractivity contribution in [3.63, 3.8) is 0 Å². The summed E-state index contributed by atoms with van der Waals surface area (Å²) >= 11 is 4.02. The zero-order valence-electron chi connectivity index (χ0n) is 10.8. The van der Waals surface area contributed by atoms with Gasteiger partial charge in [-0.1, -0.05) is 23.9 Å². The third kappa shape index (κ3) is 2.23. The Balaban J connectivity index is 1.80. The van der Waals surface area contributed by atoms with Crippen LogP contribution in [0.4, 0.5) is 5.69 Å². The van der Waals surface area contributed by atoms with Gasteiger partial charge in [-0.2, -0.15) is 8.75 Å². The molecule has 2 aromatic carbocycles. The summed E-state index contributed by atoms with van der Waals surface area (Å²) in [5, 5.41) is 11.0. The first-order valence-corrected chi connectivity index (χ1v) is 8.52. The second-order valence-corrected chi connectivity index (χ2v) is 7.20. The third-order valence-corrected chi connectivity index (χ3v) is 5.70. The number of nitro benzene ring substituents is 1. The van der Waals surface area contributed by atoms with Gasteiger partial charge in [-0.25, -0.2) is 4.98 Å². The van der Waals surface area contributed by atoms with Crippen LogP contribution in [0, 0.1) is 10.1 Å². The number of thiazole rings is 1. The van der Waals surface area contributed by atoms with E-state index >= 15 is 0 Å². The second kappa shape index (κ2) is 5.27. The standard InChI is InChI=1S/C13H6N4O2S3/c18-17(19)8-5-6-10(12-11(8)15-22-16-12)21-13-14-7-3-1-2-4-9(7)20-13/h1-6H. The summed E-state index contributed by atoms with van der Waals surface area (Å²) < 4.78 is 10.2. The molecule has 0 aliphatic carbocycles. The molecule has 0 amide bonds. The Morgan fingerprint density at radius 2 is 1.91 bits per heavy atom. The molecule has 9 heteroatoms. The predicted octanol–water partition coefficient (Wildman–Crippen LogP) is 4.36. The van der Waals surface area contributed by atoms with Crippen molar-refractivity contribution in [2.24, 2.45) is 0 Å². The Kier molecular flexibility index (Phi) is 3.25. The first-order valence-electron chi connectivity index (χ1n) is 6.15. The molecule has 4 rings (SSSR count). The number of para-hydroxylation sites is 1. The summed E-state index contributed by atoms with van der Waals surface area (Å²) in [6, 6.07) is 11.1. The zero-order valence-corrected chi connectivity index (χ0v) is 13.2. The molecular formula is C13H6N4O2S3. The van der Waals surface area contributed by atoms with Crippen molar-refractivity contribution in [3.05, 3.63) is 46.5 Å². The van der Waals surface area contributed by atoms with E-state index in [1.54, 1.807) is 17.4 Å². The number of benzene rings is 2. The van der Waals surface area contributed by atoms with E-state index in [1.807, 2.05) is 24.3 Å². The van der Waals surface area contributed by atoms with Crippen molar-refractivity contribution >= 4 is 61.8 Å². The summed E-state index contributed by atoms with van der Waals surface area (Å²) in [7, 11) is 0. The van der Waals surface area contributed by atoms with Crippen LogP contribution in [0.2, 0.25) is 0 Å². The highest BCUT2D eigenvalue weighted by Gasteiger charge is 2.19. The van der Waals surface area contributed by atoms with Crippen LogP contribution < -0.4 is 0 Å². The smallest absolute Gasteiger partial charge is 0.258 e. The van der Waals surface area contributed by atoms with E-state index in [0.717, 1.165) is 31.2 Å². The second-order valence-electron chi connectivity index (χ2n) is 4.35. The van der Waals surface area contributed by atoms with E-state index < -0.39 is 4.92 Å². The van der Waals surface area contributed by atoms with Crippen LogP contribution in [0.15, 0.2) is 45.6 Å². The molecule has 0 radical (unpaired) electrons. The molecule has 0 N–H and O–H groups in total. The Hall–Kier alpha value is -2.10. The number of hydrogen-bond acceptors (Lipinski definition) is 8. The van der Waals surface area contributed by atoms with Gasteiger partial charge in [-0.15, -0.1) is 11.3 Å². The Labute approximate surface area is 136 Å². The van der Waals surface area contributed by atoms with Crippen LogP contribution in [0.5, 0.6) is 0 Å². The lowest BCUT2D eigenvalue weighted by molar-refractivity contribution is -0.383. The summed E-state index contributed by atoms with van der Waals surface area (Å²) in [5.41, 5.74) is 1.83. The molecule has 6 nitrogen and oxygen atoms in total. The lowest BCUT2D eigenvalue weighted by Gasteiger charge is -1.99. The lowest BCUT2D eigenvalue weighted by atomic mass is 10.3. The third-order valence-electron chi connectivity index (χ3n) is 3.03. The van der Waals surface area contributed by atoms with Gasteiger partial charge in [0.25, 0.3) is 5.69 Å². The minimum Gasteiger partial charge on any atom is -0.258 e. The summed E-state index contributed by atoms with van der Waals surface area (Å²) in [6.07, 6.45) is 0. The van der Waals surface area contributed by atoms with Gasteiger partial charge in [0.05, 0.1) is 26.9 Å². The molecule has 0 bridgehead atoms. The van der Waals surface area contributed by atoms with Crippen LogP contribution in [0.3, 0.4) is 0 Å². The van der Waals surface area contributed by atoms with Gasteiger partial charge in [-0.05, 0) is 18.2 Å². The number of nitrogens with zero attached hydrogens (tertiary/aromatic N) is 4. The Bertz CT molecular complexity index is 978. The molecule has 108 valence electrons. The first-order chi connectivity index (χ1) is 10.7. The average molecular weight is 346 g/mol. The normalized spacial score (nSPS) is 11.3. The van der Waals surface area contributed by atoms with Crippen molar-refractivity contribution in [1.82, 2.24) is 13.7 Å². The molecule has 0 saturated carbocycles. The lowest BCUT2D eigenvalue weighted by Crippen LogP contribution is -1.90. The van der Waals surface area contributed by atoms with E-state index in [-0.39, 0.29) is 5.69 Å². The van der Waals surface area contributed by atoms with Gasteiger partial charge in [0.15, 0.2) is 9.86 Å². The maximum atomic E-state index is 11.0. The molecule has 0 fully saturated rings. The van der Waals surface area contributed by atoms with Crippen molar-refractivity contribution in [1.29, 1.82) is 0 Å². The molecule has 22 heavy (non-hydrogen) atoms. The fourth-order valence-electron chi connectivity index (χ4n) is 2.05. The van der Waals surface area contributed by atoms with Crippen LogP contribution in [0.25, 0.3) is 21.3 Å². The summed E-state index contributed by atoms with van der Waals surface area (Å²) in [6.45, 7) is 0. The fraction of sp³-hybridized carbons (Fsp3) is 0. The van der Waals surface area contributed by atoms with E-state index in [4.69, 9.17) is 0 Å². The Morgan fingerprint density at radius 3 is 2.73 bits per heavy atom. The quantitative estimate of drug-likeness (QED) is 0.405. The number of nitro groups is 1. The van der Waals surface area contributed by atoms with Gasteiger partial charge in [-0.3, -0.25) is 10.1 Å². The van der Waals surface area contributed by atoms with Gasteiger partial charge in [0, 0.05) is 11.0 Å². The van der Waals surface area contributed by atoms with Crippen molar-refractivity contribution < 1.29 is 4.92 Å². The van der Waals surface area contributed by atoms with Crippen LogP contribution in [0.1, 0.15) is 0 Å². The molecule has 2 aromatic heterocycles. The van der Waals surface area contributed by atoms with Gasteiger partial charge >= 0.3 is 0 Å². The molecule has 0 aliphatic rings. The highest BCUT2D eigenvalue weighted by molar-refractivity contribution is 8.01. The first kappa shape index (κ1) is 13.6. The van der Waals surface area contributed by atoms with Crippen LogP contribution in [-0.2, 0) is 0 Å². The summed E-state index contributed by atoms with van der Waals surface area (Å²) in [4.78, 5) is 16.0. The van der Waals surface area contributed by atoms with Crippen molar-refractivity contribution in [3.8, 4) is 0 Å². The number of aromatic nitrogens is 3. The fourth-order valence-corrected chi connectivity index (χ4v) is 4.79. The van der Waals surface area contributed by atoms with Gasteiger partial charge < -0.3 is 0 Å². The Morgan fingerprint density at radius 1 is 1.09 bits per heavy atom. The largest absolute Gasteiger partial charge is 0.298 e. The molecule has 0 spiro atoms. The van der Waals surface area contributed by atoms with Crippen molar-refractivity contribution in [2.75, 3.05) is 0 Å². The molecule has 0 unspecified atom stereocenters. The minimum atomic E-state index is -0.435. The maximum Gasteiger partial charge on any atom is 0.298 e. The van der Waals surface area contributed by atoms with Gasteiger partial charge in [0.2, 0.25) is 0 Å². The van der Waals surface area contributed by atoms with Gasteiger partial charge in [0.1, 0.15) is 5.52 Å². The molecule has 4 aromatic rings. The maximum absolute atomic E-state index is 11.0. The van der Waals surface area contributed by atoms with Crippen LogP contribution in [-0.4, -0.2) is 18.7 Å². The number of rotatable bonds is 3. The average Bonchev–Trinajstić information content (AvgIpc) is 3.13. The van der Waals surface area contributed by atoms with Crippen LogP contribution >= 0.6 is 34.8 Å². The van der Waals surface area contributed by atoms with E-state index in [1.165, 1.54) is 17.8 Å². The molecule has 0 aliphatic heterocycles. The molecular weight excluding hydrogens is 340 g/mol. The monoisotopic (exact) mass is 346 g/mol.